The summed E-state index contributed by atoms with van der Waals surface area (Å²) in [4.78, 5) is 0. The van der Waals surface area contributed by atoms with Crippen LogP contribution in [-0.4, -0.2) is 0 Å². The Morgan fingerprint density at radius 1 is 0.220 bits per heavy atom. The Bertz CT molecular complexity index is 3480. The lowest BCUT2D eigenvalue weighted by atomic mass is 9.84. The zero-order valence-corrected chi connectivity index (χ0v) is 33.0. The van der Waals surface area contributed by atoms with Crippen LogP contribution >= 0.6 is 11.3 Å². The molecule has 0 fully saturated rings. The number of rotatable bonds is 5. The molecule has 1 heteroatoms. The summed E-state index contributed by atoms with van der Waals surface area (Å²) in [7, 11) is 0. The van der Waals surface area contributed by atoms with Gasteiger partial charge < -0.3 is 0 Å². The van der Waals surface area contributed by atoms with Gasteiger partial charge in [0.1, 0.15) is 0 Å². The van der Waals surface area contributed by atoms with E-state index in [-0.39, 0.29) is 0 Å². The van der Waals surface area contributed by atoms with Crippen molar-refractivity contribution >= 4 is 74.6 Å². The molecule has 0 aliphatic rings. The van der Waals surface area contributed by atoms with Crippen molar-refractivity contribution in [1.29, 1.82) is 0 Å². The van der Waals surface area contributed by atoms with E-state index in [2.05, 4.69) is 218 Å². The summed E-state index contributed by atoms with van der Waals surface area (Å²) >= 11 is 1.89. The van der Waals surface area contributed by atoms with Crippen molar-refractivity contribution < 1.29 is 0 Å². The van der Waals surface area contributed by atoms with E-state index in [1.54, 1.807) is 0 Å². The second-order valence-corrected chi connectivity index (χ2v) is 16.6. The van der Waals surface area contributed by atoms with E-state index in [0.29, 0.717) is 0 Å². The van der Waals surface area contributed by atoms with Gasteiger partial charge in [-0.2, -0.15) is 0 Å². The Morgan fingerprint density at radius 3 is 1.17 bits per heavy atom. The monoisotopic (exact) mass is 764 g/mol. The third-order valence-corrected chi connectivity index (χ3v) is 13.4. The van der Waals surface area contributed by atoms with Crippen molar-refractivity contribution in [2.75, 3.05) is 0 Å². The fourth-order valence-electron chi connectivity index (χ4n) is 9.76. The van der Waals surface area contributed by atoms with Gasteiger partial charge in [-0.15, -0.1) is 11.3 Å². The zero-order chi connectivity index (χ0) is 38.9. The Hall–Kier alpha value is -7.32. The van der Waals surface area contributed by atoms with Gasteiger partial charge in [-0.05, 0) is 123 Å². The molecule has 0 amide bonds. The molecule has 0 atom stereocenters. The fraction of sp³-hybridized carbons (Fsp3) is 0. The summed E-state index contributed by atoms with van der Waals surface area (Å²) in [5.41, 5.74) is 12.6. The average Bonchev–Trinajstić information content (AvgIpc) is 3.69. The molecule has 0 nitrogen and oxygen atoms in total. The lowest BCUT2D eigenvalue weighted by Crippen LogP contribution is -1.92. The summed E-state index contributed by atoms with van der Waals surface area (Å²) in [6, 6.07) is 80.7. The van der Waals surface area contributed by atoms with Gasteiger partial charge >= 0.3 is 0 Å². The highest BCUT2D eigenvalue weighted by molar-refractivity contribution is 7.26. The molecule has 12 rings (SSSR count). The minimum Gasteiger partial charge on any atom is -0.135 e. The lowest BCUT2D eigenvalue weighted by molar-refractivity contribution is 1.61. The molecule has 1 aromatic heterocycles. The molecule has 0 bridgehead atoms. The number of benzene rings is 11. The van der Waals surface area contributed by atoms with Crippen molar-refractivity contribution in [3.63, 3.8) is 0 Å². The maximum atomic E-state index is 2.47. The SMILES string of the molecule is c1ccc(-c2cccc(-c3c4ccccc4c(-c4cccc5sc6ccc(-c7c8ccccc8c(-c8ccccc8)c8ccccc78)cc6c45)c4ccccc34)c2)cc1. The van der Waals surface area contributed by atoms with Crippen LogP contribution in [0.25, 0.3) is 119 Å². The molecule has 12 aromatic rings. The number of hydrogen-bond donors (Lipinski definition) is 0. The van der Waals surface area contributed by atoms with Crippen LogP contribution in [0.4, 0.5) is 0 Å². The summed E-state index contributed by atoms with van der Waals surface area (Å²) in [5.74, 6) is 0. The highest BCUT2D eigenvalue weighted by Gasteiger charge is 2.22. The fourth-order valence-corrected chi connectivity index (χ4v) is 10.9. The van der Waals surface area contributed by atoms with Gasteiger partial charge in [-0.3, -0.25) is 0 Å². The van der Waals surface area contributed by atoms with Crippen molar-refractivity contribution in [2.24, 2.45) is 0 Å². The molecule has 0 unspecified atom stereocenters. The van der Waals surface area contributed by atoms with Gasteiger partial charge in [-0.25, -0.2) is 0 Å². The van der Waals surface area contributed by atoms with Crippen LogP contribution in [0.1, 0.15) is 0 Å². The molecule has 274 valence electrons. The van der Waals surface area contributed by atoms with Gasteiger partial charge in [0.05, 0.1) is 0 Å². The van der Waals surface area contributed by atoms with Crippen LogP contribution in [0.5, 0.6) is 0 Å². The first kappa shape index (κ1) is 33.8. The molecule has 11 aromatic carbocycles. The predicted molar refractivity (Wildman–Crippen MR) is 257 cm³/mol. The largest absolute Gasteiger partial charge is 0.135 e. The molecule has 0 aliphatic heterocycles. The van der Waals surface area contributed by atoms with Crippen molar-refractivity contribution in [3.05, 3.63) is 218 Å². The Labute approximate surface area is 346 Å². The molecule has 0 saturated heterocycles. The van der Waals surface area contributed by atoms with Crippen LogP contribution in [0, 0.1) is 0 Å². The van der Waals surface area contributed by atoms with Crippen molar-refractivity contribution in [2.45, 2.75) is 0 Å². The second kappa shape index (κ2) is 13.7. The molecule has 1 heterocycles. The summed E-state index contributed by atoms with van der Waals surface area (Å²) < 4.78 is 2.60. The maximum Gasteiger partial charge on any atom is 0.0361 e. The Balaban J connectivity index is 1.13. The first-order valence-corrected chi connectivity index (χ1v) is 21.2. The first-order chi connectivity index (χ1) is 29.3. The minimum atomic E-state index is 1.22. The standard InChI is InChI=1S/C58H36S/c1-3-17-37(18-4-1)39-21-15-22-40(35-39)55-46-27-11-13-29-48(46)57(49-30-14-12-28-47(49)55)50-31-16-32-53-58(50)51-36-41(33-34-52(51)59-53)56-44-25-9-7-23-42(44)54(38-19-5-2-6-20-38)43-24-8-10-26-45(43)56/h1-36H. The molecule has 0 aliphatic carbocycles. The molecule has 0 N–H and O–H groups in total. The van der Waals surface area contributed by atoms with E-state index >= 15 is 0 Å². The van der Waals surface area contributed by atoms with Crippen LogP contribution in [0.2, 0.25) is 0 Å². The van der Waals surface area contributed by atoms with E-state index in [0.717, 1.165) is 0 Å². The predicted octanol–water partition coefficient (Wildman–Crippen LogP) is 17.0. The molecule has 0 saturated carbocycles. The normalized spacial score (nSPS) is 11.7. The van der Waals surface area contributed by atoms with Crippen molar-refractivity contribution in [1.82, 2.24) is 0 Å². The van der Waals surface area contributed by atoms with Crippen LogP contribution < -0.4 is 0 Å². The summed E-state index contributed by atoms with van der Waals surface area (Å²) in [5, 5.41) is 12.8. The van der Waals surface area contributed by atoms with E-state index in [9.17, 15) is 0 Å². The van der Waals surface area contributed by atoms with Crippen LogP contribution in [-0.2, 0) is 0 Å². The van der Waals surface area contributed by atoms with E-state index < -0.39 is 0 Å². The van der Waals surface area contributed by atoms with E-state index in [1.165, 1.54) is 119 Å². The minimum absolute atomic E-state index is 1.22. The van der Waals surface area contributed by atoms with Crippen LogP contribution in [0.3, 0.4) is 0 Å². The third kappa shape index (κ3) is 5.36. The third-order valence-electron chi connectivity index (χ3n) is 12.2. The maximum absolute atomic E-state index is 2.47. The number of hydrogen-bond acceptors (Lipinski definition) is 1. The van der Waals surface area contributed by atoms with Gasteiger partial charge in [-0.1, -0.05) is 194 Å². The second-order valence-electron chi connectivity index (χ2n) is 15.5. The van der Waals surface area contributed by atoms with E-state index in [4.69, 9.17) is 0 Å². The zero-order valence-electron chi connectivity index (χ0n) is 32.2. The molecular weight excluding hydrogens is 729 g/mol. The molecule has 0 spiro atoms. The topological polar surface area (TPSA) is 0 Å². The number of thiophene rings is 1. The summed E-state index contributed by atoms with van der Waals surface area (Å²) in [6.07, 6.45) is 0. The van der Waals surface area contributed by atoms with Gasteiger partial charge in [0.2, 0.25) is 0 Å². The number of fused-ring (bicyclic) bond motifs is 7. The van der Waals surface area contributed by atoms with E-state index in [1.807, 2.05) is 11.3 Å². The smallest absolute Gasteiger partial charge is 0.0361 e. The van der Waals surface area contributed by atoms with Gasteiger partial charge in [0, 0.05) is 20.2 Å². The molecule has 59 heavy (non-hydrogen) atoms. The lowest BCUT2D eigenvalue weighted by Gasteiger charge is -2.19. The van der Waals surface area contributed by atoms with Gasteiger partial charge in [0.15, 0.2) is 0 Å². The quantitative estimate of drug-likeness (QED) is 0.153. The highest BCUT2D eigenvalue weighted by atomic mass is 32.1. The highest BCUT2D eigenvalue weighted by Crippen LogP contribution is 2.50. The van der Waals surface area contributed by atoms with Crippen LogP contribution in [0.15, 0.2) is 218 Å². The molecular formula is C58H36S. The average molecular weight is 765 g/mol. The Morgan fingerprint density at radius 2 is 0.627 bits per heavy atom. The first-order valence-electron chi connectivity index (χ1n) is 20.3. The Kier molecular flexibility index (Phi) is 7.82. The van der Waals surface area contributed by atoms with Gasteiger partial charge in [0.25, 0.3) is 0 Å². The molecule has 0 radical (unpaired) electrons. The summed E-state index contributed by atoms with van der Waals surface area (Å²) in [6.45, 7) is 0. The van der Waals surface area contributed by atoms with Crippen molar-refractivity contribution in [3.8, 4) is 55.6 Å².